The zero-order valence-corrected chi connectivity index (χ0v) is 19.2. The maximum Gasteiger partial charge on any atom is 0.282 e. The highest BCUT2D eigenvalue weighted by atomic mass is 32.2. The second-order valence-corrected chi connectivity index (χ2v) is 9.83. The van der Waals surface area contributed by atoms with Crippen molar-refractivity contribution in [3.8, 4) is 6.07 Å². The van der Waals surface area contributed by atoms with Crippen LogP contribution in [0.25, 0.3) is 0 Å². The van der Waals surface area contributed by atoms with Crippen LogP contribution in [-0.2, 0) is 23.3 Å². The van der Waals surface area contributed by atoms with E-state index < -0.39 is 10.2 Å². The summed E-state index contributed by atoms with van der Waals surface area (Å²) in [5.41, 5.74) is 4.20. The number of benzene rings is 1. The van der Waals surface area contributed by atoms with Crippen molar-refractivity contribution in [3.05, 3.63) is 59.7 Å². The van der Waals surface area contributed by atoms with Gasteiger partial charge in [0.05, 0.1) is 30.2 Å². The van der Waals surface area contributed by atoms with Crippen LogP contribution in [0.5, 0.6) is 0 Å². The Morgan fingerprint density at radius 2 is 2.19 bits per heavy atom. The molecule has 0 bridgehead atoms. The molecule has 3 rings (SSSR count). The van der Waals surface area contributed by atoms with Crippen molar-refractivity contribution in [2.45, 2.75) is 45.8 Å². The van der Waals surface area contributed by atoms with Gasteiger partial charge in [-0.3, -0.25) is 0 Å². The lowest BCUT2D eigenvalue weighted by atomic mass is 10.1. The molecule has 1 aromatic carbocycles. The van der Waals surface area contributed by atoms with Crippen molar-refractivity contribution in [3.63, 3.8) is 0 Å². The molecule has 0 saturated heterocycles. The lowest BCUT2D eigenvalue weighted by Gasteiger charge is -2.34. The molecule has 2 heterocycles. The Kier molecular flexibility index (Phi) is 7.15. The normalized spacial score (nSPS) is 17.3. The third kappa shape index (κ3) is 4.98. The van der Waals surface area contributed by atoms with Crippen molar-refractivity contribution in [2.24, 2.45) is 0 Å². The number of aromatic amines is 1. The summed E-state index contributed by atoms with van der Waals surface area (Å²) in [5, 5.41) is 9.41. The summed E-state index contributed by atoms with van der Waals surface area (Å²) in [6.07, 6.45) is 4.77. The Hall–Kier alpha value is -2.67. The maximum absolute atomic E-state index is 13.5. The highest BCUT2D eigenvalue weighted by Crippen LogP contribution is 2.33. The van der Waals surface area contributed by atoms with Crippen LogP contribution in [0.1, 0.15) is 43.5 Å². The van der Waals surface area contributed by atoms with E-state index in [9.17, 15) is 13.7 Å². The predicted molar refractivity (Wildman–Crippen MR) is 121 cm³/mol. The lowest BCUT2D eigenvalue weighted by Crippen LogP contribution is -2.49. The third-order valence-corrected chi connectivity index (χ3v) is 7.86. The number of nitrogens with zero attached hydrogens (tertiary/aromatic N) is 5. The van der Waals surface area contributed by atoms with Crippen molar-refractivity contribution < 1.29 is 8.42 Å². The summed E-state index contributed by atoms with van der Waals surface area (Å²) >= 11 is 0. The monoisotopic (exact) mass is 442 g/mol. The number of imidazole rings is 1. The highest BCUT2D eigenvalue weighted by Gasteiger charge is 2.37. The molecule has 0 spiro atoms. The Morgan fingerprint density at radius 3 is 2.81 bits per heavy atom. The highest BCUT2D eigenvalue weighted by molar-refractivity contribution is 7.86. The molecule has 0 fully saturated rings. The van der Waals surface area contributed by atoms with Crippen molar-refractivity contribution >= 4 is 15.9 Å². The van der Waals surface area contributed by atoms with E-state index >= 15 is 0 Å². The number of nitriles is 1. The van der Waals surface area contributed by atoms with Crippen LogP contribution in [0.15, 0.2) is 42.9 Å². The summed E-state index contributed by atoms with van der Waals surface area (Å²) in [6.45, 7) is 9.65. The van der Waals surface area contributed by atoms with E-state index in [4.69, 9.17) is 0 Å². The molecule has 0 amide bonds. The van der Waals surface area contributed by atoms with Gasteiger partial charge in [-0.25, -0.2) is 4.98 Å². The second-order valence-electron chi connectivity index (χ2n) is 7.84. The fraction of sp³-hybridized carbons (Fsp3) is 0.455. The molecule has 1 atom stereocenters. The summed E-state index contributed by atoms with van der Waals surface area (Å²) in [5.74, 6) is 0. The van der Waals surface area contributed by atoms with Gasteiger partial charge in [0.25, 0.3) is 10.2 Å². The topological polar surface area (TPSA) is 96.3 Å². The zero-order valence-electron chi connectivity index (χ0n) is 18.4. The van der Waals surface area contributed by atoms with Gasteiger partial charge >= 0.3 is 0 Å². The van der Waals surface area contributed by atoms with Gasteiger partial charge in [0.1, 0.15) is 0 Å². The Bertz CT molecular complexity index is 1060. The van der Waals surface area contributed by atoms with E-state index in [1.807, 2.05) is 19.9 Å². The van der Waals surface area contributed by atoms with Crippen molar-refractivity contribution in [2.75, 3.05) is 25.0 Å². The van der Waals surface area contributed by atoms with Gasteiger partial charge in [0.15, 0.2) is 0 Å². The molecule has 1 aliphatic rings. The molecule has 1 aliphatic heterocycles. The maximum atomic E-state index is 13.5. The summed E-state index contributed by atoms with van der Waals surface area (Å²) in [6, 6.07) is 7.37. The van der Waals surface area contributed by atoms with Crippen LogP contribution in [0.2, 0.25) is 0 Å². The smallest absolute Gasteiger partial charge is 0.282 e. The molecular formula is C22H30N6O2S. The molecular weight excluding hydrogens is 412 g/mol. The SMILES string of the molecule is C=C(CC)C[C@@H]1CN(Cc2cnc[nH]2)c2ccc(C#N)cc2CN1S(=O)(=O)N(C)CC. The number of hydrogen-bond acceptors (Lipinski definition) is 5. The van der Waals surface area contributed by atoms with E-state index in [0.29, 0.717) is 31.6 Å². The minimum atomic E-state index is -3.69. The number of H-pyrrole nitrogens is 1. The summed E-state index contributed by atoms with van der Waals surface area (Å²) < 4.78 is 29.9. The van der Waals surface area contributed by atoms with Crippen LogP contribution in [0.3, 0.4) is 0 Å². The first kappa shape index (κ1) is 23.0. The minimum absolute atomic E-state index is 0.207. The molecule has 2 aromatic rings. The quantitative estimate of drug-likeness (QED) is 0.634. The number of hydrogen-bond donors (Lipinski definition) is 1. The molecule has 0 radical (unpaired) electrons. The Balaban J connectivity index is 2.11. The average Bonchev–Trinajstić information content (AvgIpc) is 3.23. The molecule has 1 N–H and O–H groups in total. The molecule has 31 heavy (non-hydrogen) atoms. The molecule has 9 heteroatoms. The van der Waals surface area contributed by atoms with Gasteiger partial charge in [-0.1, -0.05) is 26.0 Å². The van der Waals surface area contributed by atoms with E-state index in [0.717, 1.165) is 28.9 Å². The van der Waals surface area contributed by atoms with Gasteiger partial charge < -0.3 is 9.88 Å². The fourth-order valence-electron chi connectivity index (χ4n) is 3.81. The summed E-state index contributed by atoms with van der Waals surface area (Å²) in [7, 11) is -2.09. The first-order valence-electron chi connectivity index (χ1n) is 10.4. The van der Waals surface area contributed by atoms with E-state index in [1.54, 1.807) is 36.0 Å². The van der Waals surface area contributed by atoms with Crippen LogP contribution < -0.4 is 4.90 Å². The Labute approximate surface area is 185 Å². The molecule has 166 valence electrons. The number of rotatable bonds is 8. The third-order valence-electron chi connectivity index (χ3n) is 5.79. The van der Waals surface area contributed by atoms with Gasteiger partial charge in [-0.2, -0.15) is 22.3 Å². The fourth-order valence-corrected chi connectivity index (χ4v) is 5.32. The minimum Gasteiger partial charge on any atom is -0.364 e. The van der Waals surface area contributed by atoms with Crippen molar-refractivity contribution in [1.82, 2.24) is 18.6 Å². The van der Waals surface area contributed by atoms with Crippen LogP contribution in [-0.4, -0.2) is 53.2 Å². The first-order chi connectivity index (χ1) is 14.8. The van der Waals surface area contributed by atoms with E-state index in [1.165, 1.54) is 4.31 Å². The van der Waals surface area contributed by atoms with Gasteiger partial charge in [-0.15, -0.1) is 0 Å². The molecule has 0 aliphatic carbocycles. The van der Waals surface area contributed by atoms with Gasteiger partial charge in [0.2, 0.25) is 0 Å². The predicted octanol–water partition coefficient (Wildman–Crippen LogP) is 3.02. The van der Waals surface area contributed by atoms with Gasteiger partial charge in [0, 0.05) is 44.6 Å². The van der Waals surface area contributed by atoms with Crippen LogP contribution in [0, 0.1) is 11.3 Å². The Morgan fingerprint density at radius 1 is 1.42 bits per heavy atom. The summed E-state index contributed by atoms with van der Waals surface area (Å²) in [4.78, 5) is 9.41. The zero-order chi connectivity index (χ0) is 22.6. The molecule has 0 unspecified atom stereocenters. The first-order valence-corrected chi connectivity index (χ1v) is 11.8. The van der Waals surface area contributed by atoms with Gasteiger partial charge in [-0.05, 0) is 36.6 Å². The number of anilines is 1. The second kappa shape index (κ2) is 9.64. The van der Waals surface area contributed by atoms with Crippen LogP contribution >= 0.6 is 0 Å². The number of nitrogens with one attached hydrogen (secondary N) is 1. The van der Waals surface area contributed by atoms with Crippen molar-refractivity contribution in [1.29, 1.82) is 5.26 Å². The number of aromatic nitrogens is 2. The van der Waals surface area contributed by atoms with Crippen LogP contribution in [0.4, 0.5) is 5.69 Å². The average molecular weight is 443 g/mol. The standard InChI is InChI=1S/C22H30N6O2S/c1-5-17(3)9-21-15-27(14-20-12-24-16-25-20)22-8-7-18(11-23)10-19(22)13-28(21)31(29,30)26(4)6-2/h7-8,10,12,16,21H,3,5-6,9,13-15H2,1-2,4H3,(H,24,25)/t21-/m1/s1. The lowest BCUT2D eigenvalue weighted by molar-refractivity contribution is 0.291. The molecule has 1 aromatic heterocycles. The van der Waals surface area contributed by atoms with E-state index in [2.05, 4.69) is 27.5 Å². The number of fused-ring (bicyclic) bond motifs is 1. The molecule has 0 saturated carbocycles. The van der Waals surface area contributed by atoms with E-state index in [-0.39, 0.29) is 12.6 Å². The largest absolute Gasteiger partial charge is 0.364 e. The molecule has 8 nitrogen and oxygen atoms in total.